The third kappa shape index (κ3) is 3.36. The van der Waals surface area contributed by atoms with Crippen LogP contribution in [0.2, 0.25) is 0 Å². The molecule has 1 saturated heterocycles. The van der Waals surface area contributed by atoms with E-state index in [0.717, 1.165) is 26.1 Å². The summed E-state index contributed by atoms with van der Waals surface area (Å²) in [6.45, 7) is 12.7. The Morgan fingerprint density at radius 1 is 1.32 bits per heavy atom. The zero-order chi connectivity index (χ0) is 14.1. The van der Waals surface area contributed by atoms with Crippen LogP contribution in [0, 0.1) is 0 Å². The Bertz CT molecular complexity index is 414. The van der Waals surface area contributed by atoms with Crippen LogP contribution in [-0.4, -0.2) is 24.2 Å². The average Bonchev–Trinajstić information content (AvgIpc) is 2.78. The van der Waals surface area contributed by atoms with E-state index in [1.165, 1.54) is 10.7 Å². The van der Waals surface area contributed by atoms with Gasteiger partial charge in [0.05, 0.1) is 11.2 Å². The molecule has 1 aliphatic heterocycles. The molecule has 108 valence electrons. The molecule has 2 heterocycles. The minimum absolute atomic E-state index is 0.0145. The van der Waals surface area contributed by atoms with Gasteiger partial charge in [0, 0.05) is 30.1 Å². The van der Waals surface area contributed by atoms with Gasteiger partial charge in [-0.2, -0.15) is 0 Å². The SMILES string of the molecule is CC(C)NC1(c2nc(C(C)(C)C)cs2)CCOCC1. The highest BCUT2D eigenvalue weighted by molar-refractivity contribution is 7.09. The second-order valence-corrected chi connectivity index (χ2v) is 7.64. The van der Waals surface area contributed by atoms with Crippen LogP contribution in [0.1, 0.15) is 58.2 Å². The standard InChI is InChI=1S/C15H26N2OS/c1-11(2)17-15(6-8-18-9-7-15)13-16-12(10-19-13)14(3,4)5/h10-11,17H,6-9H2,1-5H3. The number of nitrogens with zero attached hydrogens (tertiary/aromatic N) is 1. The highest BCUT2D eigenvalue weighted by Gasteiger charge is 2.38. The summed E-state index contributed by atoms with van der Waals surface area (Å²) in [5, 5.41) is 7.19. The zero-order valence-electron chi connectivity index (χ0n) is 12.7. The number of nitrogens with one attached hydrogen (secondary N) is 1. The van der Waals surface area contributed by atoms with Crippen LogP contribution in [0.3, 0.4) is 0 Å². The van der Waals surface area contributed by atoms with Crippen molar-refractivity contribution in [3.63, 3.8) is 0 Å². The van der Waals surface area contributed by atoms with Crippen LogP contribution in [0.25, 0.3) is 0 Å². The second-order valence-electron chi connectivity index (χ2n) is 6.78. The quantitative estimate of drug-likeness (QED) is 0.922. The van der Waals surface area contributed by atoms with Gasteiger partial charge in [-0.1, -0.05) is 20.8 Å². The molecule has 0 saturated carbocycles. The third-order valence-corrected chi connectivity index (χ3v) is 4.64. The van der Waals surface area contributed by atoms with E-state index in [4.69, 9.17) is 9.72 Å². The largest absolute Gasteiger partial charge is 0.381 e. The summed E-state index contributed by atoms with van der Waals surface area (Å²) in [6, 6.07) is 0.458. The lowest BCUT2D eigenvalue weighted by molar-refractivity contribution is 0.0330. The van der Waals surface area contributed by atoms with Gasteiger partial charge in [-0.05, 0) is 26.7 Å². The van der Waals surface area contributed by atoms with Gasteiger partial charge in [0.1, 0.15) is 5.01 Å². The predicted octanol–water partition coefficient (Wildman–Crippen LogP) is 3.44. The van der Waals surface area contributed by atoms with E-state index < -0.39 is 0 Å². The number of rotatable bonds is 3. The molecule has 4 heteroatoms. The average molecular weight is 282 g/mol. The monoisotopic (exact) mass is 282 g/mol. The summed E-state index contributed by atoms with van der Waals surface area (Å²) in [5.74, 6) is 0. The van der Waals surface area contributed by atoms with Crippen molar-refractivity contribution in [1.29, 1.82) is 0 Å². The van der Waals surface area contributed by atoms with Crippen LogP contribution in [0.5, 0.6) is 0 Å². The lowest BCUT2D eigenvalue weighted by Gasteiger charge is -2.38. The summed E-state index contributed by atoms with van der Waals surface area (Å²) in [4.78, 5) is 4.93. The second kappa shape index (κ2) is 5.51. The Morgan fingerprint density at radius 2 is 1.95 bits per heavy atom. The molecule has 0 unspecified atom stereocenters. The van der Waals surface area contributed by atoms with E-state index in [1.54, 1.807) is 11.3 Å². The Morgan fingerprint density at radius 3 is 2.42 bits per heavy atom. The summed E-state index contributed by atoms with van der Waals surface area (Å²) in [5.41, 5.74) is 1.34. The van der Waals surface area contributed by atoms with E-state index in [9.17, 15) is 0 Å². The Kier molecular flexibility index (Phi) is 4.33. The number of hydrogen-bond acceptors (Lipinski definition) is 4. The Hall–Kier alpha value is -0.450. The Labute approximate surface area is 120 Å². The zero-order valence-corrected chi connectivity index (χ0v) is 13.6. The number of hydrogen-bond donors (Lipinski definition) is 1. The third-order valence-electron chi connectivity index (χ3n) is 3.59. The van der Waals surface area contributed by atoms with Gasteiger partial charge in [0.25, 0.3) is 0 Å². The van der Waals surface area contributed by atoms with Crippen molar-refractivity contribution in [2.45, 2.75) is 64.5 Å². The minimum atomic E-state index is 0.0145. The van der Waals surface area contributed by atoms with Gasteiger partial charge in [-0.15, -0.1) is 11.3 Å². The fraction of sp³-hybridized carbons (Fsp3) is 0.800. The van der Waals surface area contributed by atoms with E-state index in [0.29, 0.717) is 6.04 Å². The smallest absolute Gasteiger partial charge is 0.113 e. The number of aromatic nitrogens is 1. The van der Waals surface area contributed by atoms with Crippen molar-refractivity contribution < 1.29 is 4.74 Å². The molecule has 1 aromatic heterocycles. The number of thiazole rings is 1. The van der Waals surface area contributed by atoms with Gasteiger partial charge >= 0.3 is 0 Å². The van der Waals surface area contributed by atoms with Crippen molar-refractivity contribution in [1.82, 2.24) is 10.3 Å². The van der Waals surface area contributed by atoms with Crippen molar-refractivity contribution in [2.75, 3.05) is 13.2 Å². The summed E-state index contributed by atoms with van der Waals surface area (Å²) in [7, 11) is 0. The first kappa shape index (κ1) is 14.9. The van der Waals surface area contributed by atoms with Crippen LogP contribution in [0.15, 0.2) is 5.38 Å². The first-order valence-corrected chi connectivity index (χ1v) is 8.03. The van der Waals surface area contributed by atoms with Gasteiger partial charge in [-0.25, -0.2) is 4.98 Å². The topological polar surface area (TPSA) is 34.2 Å². The van der Waals surface area contributed by atoms with E-state index >= 15 is 0 Å². The van der Waals surface area contributed by atoms with Crippen molar-refractivity contribution >= 4 is 11.3 Å². The maximum Gasteiger partial charge on any atom is 0.113 e. The molecular weight excluding hydrogens is 256 g/mol. The van der Waals surface area contributed by atoms with Crippen LogP contribution in [0.4, 0.5) is 0 Å². The first-order valence-electron chi connectivity index (χ1n) is 7.15. The predicted molar refractivity (Wildman–Crippen MR) is 80.8 cm³/mol. The highest BCUT2D eigenvalue weighted by atomic mass is 32.1. The molecule has 1 fully saturated rings. The molecule has 1 aliphatic rings. The van der Waals surface area contributed by atoms with Crippen LogP contribution < -0.4 is 5.32 Å². The van der Waals surface area contributed by atoms with Crippen molar-refractivity contribution in [3.8, 4) is 0 Å². The molecule has 0 aromatic carbocycles. The molecule has 2 rings (SSSR count). The molecule has 1 aromatic rings. The Balaban J connectivity index is 2.30. The van der Waals surface area contributed by atoms with E-state index in [-0.39, 0.29) is 11.0 Å². The van der Waals surface area contributed by atoms with Crippen molar-refractivity contribution in [3.05, 3.63) is 16.1 Å². The molecule has 19 heavy (non-hydrogen) atoms. The van der Waals surface area contributed by atoms with Crippen LogP contribution in [-0.2, 0) is 15.7 Å². The normalized spacial score (nSPS) is 19.9. The van der Waals surface area contributed by atoms with E-state index in [2.05, 4.69) is 45.3 Å². The van der Waals surface area contributed by atoms with Gasteiger partial charge in [-0.3, -0.25) is 0 Å². The molecule has 3 nitrogen and oxygen atoms in total. The highest BCUT2D eigenvalue weighted by Crippen LogP contribution is 2.36. The minimum Gasteiger partial charge on any atom is -0.381 e. The molecule has 0 bridgehead atoms. The molecule has 0 aliphatic carbocycles. The van der Waals surface area contributed by atoms with Gasteiger partial charge in [0.2, 0.25) is 0 Å². The first-order chi connectivity index (χ1) is 8.83. The molecule has 1 N–H and O–H groups in total. The number of ether oxygens (including phenoxy) is 1. The maximum atomic E-state index is 5.54. The molecule has 0 radical (unpaired) electrons. The maximum absolute atomic E-state index is 5.54. The summed E-state index contributed by atoms with van der Waals surface area (Å²) < 4.78 is 5.54. The van der Waals surface area contributed by atoms with E-state index in [1.807, 2.05) is 0 Å². The van der Waals surface area contributed by atoms with Crippen LogP contribution >= 0.6 is 11.3 Å². The summed E-state index contributed by atoms with van der Waals surface area (Å²) >= 11 is 1.79. The summed E-state index contributed by atoms with van der Waals surface area (Å²) in [6.07, 6.45) is 2.03. The molecule has 0 atom stereocenters. The van der Waals surface area contributed by atoms with Crippen molar-refractivity contribution in [2.24, 2.45) is 0 Å². The lowest BCUT2D eigenvalue weighted by Crippen LogP contribution is -2.49. The molecule has 0 amide bonds. The molecule has 0 spiro atoms. The van der Waals surface area contributed by atoms with Gasteiger partial charge < -0.3 is 10.1 Å². The van der Waals surface area contributed by atoms with Gasteiger partial charge in [0.15, 0.2) is 0 Å². The fourth-order valence-corrected chi connectivity index (χ4v) is 3.80. The fourth-order valence-electron chi connectivity index (χ4n) is 2.53. The molecular formula is C15H26N2OS. The lowest BCUT2D eigenvalue weighted by atomic mass is 9.89.